The Morgan fingerprint density at radius 1 is 1.23 bits per heavy atom. The zero-order valence-electron chi connectivity index (χ0n) is 12.0. The minimum atomic E-state index is -0.620. The highest BCUT2D eigenvalue weighted by Gasteiger charge is 2.30. The van der Waals surface area contributed by atoms with Crippen LogP contribution in [0, 0.1) is 12.7 Å². The molecule has 1 heterocycles. The van der Waals surface area contributed by atoms with Gasteiger partial charge in [-0.15, -0.1) is 0 Å². The molecule has 2 aromatic rings. The van der Waals surface area contributed by atoms with Crippen LogP contribution < -0.4 is 10.6 Å². The van der Waals surface area contributed by atoms with E-state index in [2.05, 4.69) is 10.6 Å². The fraction of sp³-hybridized carbons (Fsp3) is 0.176. The van der Waals surface area contributed by atoms with Crippen LogP contribution in [0.4, 0.5) is 15.8 Å². The zero-order valence-corrected chi connectivity index (χ0v) is 12.0. The van der Waals surface area contributed by atoms with Gasteiger partial charge in [0.05, 0.1) is 5.92 Å². The van der Waals surface area contributed by atoms with E-state index in [-0.39, 0.29) is 18.2 Å². The minimum absolute atomic E-state index is 0.0519. The van der Waals surface area contributed by atoms with E-state index in [9.17, 15) is 14.0 Å². The first-order chi connectivity index (χ1) is 10.5. The second kappa shape index (κ2) is 5.60. The molecule has 0 fully saturated rings. The minimum Gasteiger partial charge on any atom is -0.326 e. The molecule has 5 heteroatoms. The van der Waals surface area contributed by atoms with Crippen molar-refractivity contribution in [2.24, 2.45) is 0 Å². The molecule has 1 atom stereocenters. The van der Waals surface area contributed by atoms with Gasteiger partial charge in [-0.05, 0) is 36.8 Å². The SMILES string of the molecule is Cc1ccc(NC(=O)[C@@H]2CC(=O)Nc3cc(F)ccc32)cc1. The highest BCUT2D eigenvalue weighted by molar-refractivity contribution is 6.05. The molecule has 1 aliphatic rings. The van der Waals surface area contributed by atoms with Gasteiger partial charge in [-0.25, -0.2) is 4.39 Å². The van der Waals surface area contributed by atoms with Crippen molar-refractivity contribution < 1.29 is 14.0 Å². The number of benzene rings is 2. The van der Waals surface area contributed by atoms with Crippen molar-refractivity contribution in [3.8, 4) is 0 Å². The topological polar surface area (TPSA) is 58.2 Å². The molecule has 0 unspecified atom stereocenters. The summed E-state index contributed by atoms with van der Waals surface area (Å²) in [6.07, 6.45) is 0.0519. The second-order valence-electron chi connectivity index (χ2n) is 5.39. The number of hydrogen-bond donors (Lipinski definition) is 2. The Balaban J connectivity index is 1.86. The molecular formula is C17H15FN2O2. The lowest BCUT2D eigenvalue weighted by Gasteiger charge is -2.24. The molecule has 1 aliphatic heterocycles. The third-order valence-corrected chi connectivity index (χ3v) is 3.69. The standard InChI is InChI=1S/C17H15FN2O2/c1-10-2-5-12(6-3-10)19-17(22)14-9-16(21)20-15-8-11(18)4-7-13(14)15/h2-8,14H,9H2,1H3,(H,19,22)(H,20,21)/t14-/m1/s1. The highest BCUT2D eigenvalue weighted by Crippen LogP contribution is 2.33. The van der Waals surface area contributed by atoms with Crippen LogP contribution >= 0.6 is 0 Å². The molecule has 0 bridgehead atoms. The maximum atomic E-state index is 13.3. The molecule has 4 nitrogen and oxygen atoms in total. The van der Waals surface area contributed by atoms with Crippen molar-refractivity contribution in [3.05, 3.63) is 59.4 Å². The molecular weight excluding hydrogens is 283 g/mol. The first kappa shape index (κ1) is 14.3. The van der Waals surface area contributed by atoms with E-state index >= 15 is 0 Å². The largest absolute Gasteiger partial charge is 0.326 e. The lowest BCUT2D eigenvalue weighted by atomic mass is 9.89. The van der Waals surface area contributed by atoms with Gasteiger partial charge in [0, 0.05) is 17.8 Å². The number of nitrogens with one attached hydrogen (secondary N) is 2. The predicted octanol–water partition coefficient (Wildman–Crippen LogP) is 3.20. The Kier molecular flexibility index (Phi) is 3.63. The summed E-state index contributed by atoms with van der Waals surface area (Å²) in [6.45, 7) is 1.96. The Labute approximate surface area is 127 Å². The highest BCUT2D eigenvalue weighted by atomic mass is 19.1. The molecule has 0 radical (unpaired) electrons. The molecule has 2 amide bonds. The van der Waals surface area contributed by atoms with Gasteiger partial charge in [0.15, 0.2) is 0 Å². The quantitative estimate of drug-likeness (QED) is 0.894. The van der Waals surface area contributed by atoms with Crippen LogP contribution in [0.2, 0.25) is 0 Å². The summed E-state index contributed by atoms with van der Waals surface area (Å²) >= 11 is 0. The van der Waals surface area contributed by atoms with E-state index in [1.165, 1.54) is 12.1 Å². The van der Waals surface area contributed by atoms with Gasteiger partial charge >= 0.3 is 0 Å². The average molecular weight is 298 g/mol. The zero-order chi connectivity index (χ0) is 15.7. The lowest BCUT2D eigenvalue weighted by molar-refractivity contribution is -0.123. The van der Waals surface area contributed by atoms with E-state index in [1.807, 2.05) is 31.2 Å². The number of fused-ring (bicyclic) bond motifs is 1. The van der Waals surface area contributed by atoms with Crippen LogP contribution in [0.15, 0.2) is 42.5 Å². The van der Waals surface area contributed by atoms with Gasteiger partial charge in [0.25, 0.3) is 0 Å². The molecule has 0 aromatic heterocycles. The summed E-state index contributed by atoms with van der Waals surface area (Å²) < 4.78 is 13.3. The first-order valence-corrected chi connectivity index (χ1v) is 7.00. The molecule has 22 heavy (non-hydrogen) atoms. The number of aryl methyl sites for hydroxylation is 1. The van der Waals surface area contributed by atoms with Crippen LogP contribution in [0.1, 0.15) is 23.5 Å². The number of hydrogen-bond acceptors (Lipinski definition) is 2. The van der Waals surface area contributed by atoms with E-state index in [0.29, 0.717) is 16.9 Å². The first-order valence-electron chi connectivity index (χ1n) is 7.00. The van der Waals surface area contributed by atoms with Gasteiger partial charge in [0.1, 0.15) is 5.82 Å². The number of carbonyl (C=O) groups is 2. The number of amides is 2. The van der Waals surface area contributed by atoms with Gasteiger partial charge < -0.3 is 10.6 Å². The summed E-state index contributed by atoms with van der Waals surface area (Å²) in [7, 11) is 0. The van der Waals surface area contributed by atoms with Crippen LogP contribution in [-0.2, 0) is 9.59 Å². The maximum absolute atomic E-state index is 13.3. The van der Waals surface area contributed by atoms with E-state index in [0.717, 1.165) is 5.56 Å². The van der Waals surface area contributed by atoms with Crippen molar-refractivity contribution in [1.82, 2.24) is 0 Å². The maximum Gasteiger partial charge on any atom is 0.232 e. The molecule has 3 rings (SSSR count). The molecule has 2 N–H and O–H groups in total. The number of halogens is 1. The molecule has 0 saturated heterocycles. The molecule has 0 saturated carbocycles. The summed E-state index contributed by atoms with van der Waals surface area (Å²) in [5.41, 5.74) is 2.76. The fourth-order valence-electron chi connectivity index (χ4n) is 2.54. The van der Waals surface area contributed by atoms with E-state index in [1.54, 1.807) is 6.07 Å². The monoisotopic (exact) mass is 298 g/mol. The van der Waals surface area contributed by atoms with E-state index in [4.69, 9.17) is 0 Å². The number of carbonyl (C=O) groups excluding carboxylic acids is 2. The van der Waals surface area contributed by atoms with Crippen LogP contribution in [-0.4, -0.2) is 11.8 Å². The third kappa shape index (κ3) is 2.83. The Morgan fingerprint density at radius 3 is 2.68 bits per heavy atom. The van der Waals surface area contributed by atoms with Gasteiger partial charge in [-0.3, -0.25) is 9.59 Å². The predicted molar refractivity (Wildman–Crippen MR) is 82.2 cm³/mol. The van der Waals surface area contributed by atoms with Crippen molar-refractivity contribution >= 4 is 23.2 Å². The smallest absolute Gasteiger partial charge is 0.232 e. The third-order valence-electron chi connectivity index (χ3n) is 3.69. The summed E-state index contributed by atoms with van der Waals surface area (Å²) in [6, 6.07) is 11.5. The van der Waals surface area contributed by atoms with Gasteiger partial charge in [-0.1, -0.05) is 23.8 Å². The van der Waals surface area contributed by atoms with Gasteiger partial charge in [0.2, 0.25) is 11.8 Å². The normalized spacial score (nSPS) is 16.6. The summed E-state index contributed by atoms with van der Waals surface area (Å²) in [4.78, 5) is 24.2. The Hall–Kier alpha value is -2.69. The van der Waals surface area contributed by atoms with Crippen molar-refractivity contribution in [2.75, 3.05) is 10.6 Å². The molecule has 112 valence electrons. The molecule has 2 aromatic carbocycles. The van der Waals surface area contributed by atoms with Crippen molar-refractivity contribution in [2.45, 2.75) is 19.3 Å². The van der Waals surface area contributed by atoms with Crippen LogP contribution in [0.3, 0.4) is 0 Å². The Bertz CT molecular complexity index is 741. The Morgan fingerprint density at radius 2 is 1.95 bits per heavy atom. The molecule has 0 aliphatic carbocycles. The van der Waals surface area contributed by atoms with Gasteiger partial charge in [-0.2, -0.15) is 0 Å². The summed E-state index contributed by atoms with van der Waals surface area (Å²) in [5.74, 6) is -1.63. The number of anilines is 2. The van der Waals surface area contributed by atoms with Crippen LogP contribution in [0.25, 0.3) is 0 Å². The molecule has 0 spiro atoms. The fourth-order valence-corrected chi connectivity index (χ4v) is 2.54. The van der Waals surface area contributed by atoms with E-state index < -0.39 is 11.7 Å². The lowest BCUT2D eigenvalue weighted by Crippen LogP contribution is -2.30. The second-order valence-corrected chi connectivity index (χ2v) is 5.39. The average Bonchev–Trinajstić information content (AvgIpc) is 2.48. The summed E-state index contributed by atoms with van der Waals surface area (Å²) in [5, 5.41) is 5.40. The van der Waals surface area contributed by atoms with Crippen molar-refractivity contribution in [3.63, 3.8) is 0 Å². The van der Waals surface area contributed by atoms with Crippen molar-refractivity contribution in [1.29, 1.82) is 0 Å². The van der Waals surface area contributed by atoms with Crippen LogP contribution in [0.5, 0.6) is 0 Å². The number of rotatable bonds is 2.